The topological polar surface area (TPSA) is 262 Å². The largest absolute Gasteiger partial charge is 0.484 e. The molecular formula is C39H60N7O9P. The van der Waals surface area contributed by atoms with Gasteiger partial charge in [0.2, 0.25) is 5.60 Å². The van der Waals surface area contributed by atoms with Crippen molar-refractivity contribution in [2.45, 2.75) is 140 Å². The molecule has 3 heterocycles. The normalized spacial score (nSPS) is 21.2. The Hall–Kier alpha value is -3.70. The molecule has 0 saturated carbocycles. The highest BCUT2D eigenvalue weighted by Gasteiger charge is 2.56. The molecule has 7 N–H and O–H groups in total. The summed E-state index contributed by atoms with van der Waals surface area (Å²) in [7, 11) is -4.88. The molecule has 2 aromatic heterocycles. The number of nitrogens with zero attached hydrogens (tertiary/aromatic N) is 4. The highest BCUT2D eigenvalue weighted by Crippen LogP contribution is 2.47. The molecule has 2 aromatic rings. The van der Waals surface area contributed by atoms with Gasteiger partial charge in [0.15, 0.2) is 0 Å². The van der Waals surface area contributed by atoms with Crippen LogP contribution in [0.3, 0.4) is 0 Å². The average Bonchev–Trinajstić information content (AvgIpc) is 3.79. The van der Waals surface area contributed by atoms with Gasteiger partial charge in [0.1, 0.15) is 66.8 Å². The van der Waals surface area contributed by atoms with Crippen LogP contribution in [0, 0.1) is 28.1 Å². The van der Waals surface area contributed by atoms with E-state index in [1.54, 1.807) is 6.07 Å². The summed E-state index contributed by atoms with van der Waals surface area (Å²) in [6.45, 7) is 1.30. The first kappa shape index (κ1) is 46.7. The van der Waals surface area contributed by atoms with Crippen molar-refractivity contribution in [3.05, 3.63) is 47.5 Å². The smallest absolute Gasteiger partial charge is 0.472 e. The van der Waals surface area contributed by atoms with E-state index in [-0.39, 0.29) is 29.6 Å². The van der Waals surface area contributed by atoms with Gasteiger partial charge in [0.25, 0.3) is 0 Å². The number of hydrogen-bond acceptors (Lipinski definition) is 12. The van der Waals surface area contributed by atoms with Gasteiger partial charge in [-0.15, -0.1) is 0 Å². The molecule has 6 atom stereocenters. The van der Waals surface area contributed by atoms with E-state index < -0.39 is 51.1 Å². The van der Waals surface area contributed by atoms with Crippen LogP contribution in [0.4, 0.5) is 0 Å². The molecule has 1 aliphatic rings. The number of phosphoric acid groups is 1. The number of unbranched alkanes of at least 4 members (excludes halogenated alkanes) is 15. The van der Waals surface area contributed by atoms with Crippen molar-refractivity contribution >= 4 is 20.0 Å². The van der Waals surface area contributed by atoms with E-state index in [2.05, 4.69) is 21.9 Å². The van der Waals surface area contributed by atoms with E-state index in [1.807, 2.05) is 6.07 Å². The molecule has 16 nitrogen and oxygen atoms in total. The Morgan fingerprint density at radius 2 is 1.62 bits per heavy atom. The molecule has 310 valence electrons. The minimum Gasteiger partial charge on any atom is -0.484 e. The summed E-state index contributed by atoms with van der Waals surface area (Å²) in [6, 6.07) is 9.67. The maximum absolute atomic E-state index is 13.0. The van der Waals surface area contributed by atoms with Crippen LogP contribution >= 0.6 is 7.82 Å². The first-order chi connectivity index (χ1) is 27.1. The van der Waals surface area contributed by atoms with Gasteiger partial charge in [0, 0.05) is 12.3 Å². The summed E-state index contributed by atoms with van der Waals surface area (Å²) in [5, 5.41) is 47.6. The third-order valence-electron chi connectivity index (χ3n) is 9.60. The van der Waals surface area contributed by atoms with Gasteiger partial charge in [-0.25, -0.2) is 14.5 Å². The monoisotopic (exact) mass is 801 g/mol. The van der Waals surface area contributed by atoms with Crippen molar-refractivity contribution in [2.24, 2.45) is 10.7 Å². The predicted octanol–water partition coefficient (Wildman–Crippen LogP) is 6.51. The molecule has 3 rings (SSSR count). The van der Waals surface area contributed by atoms with Gasteiger partial charge in [-0.2, -0.15) is 10.5 Å². The molecule has 1 fully saturated rings. The van der Waals surface area contributed by atoms with Crippen molar-refractivity contribution in [1.82, 2.24) is 9.97 Å². The summed E-state index contributed by atoms with van der Waals surface area (Å²) in [6.07, 6.45) is 16.6. The second-order valence-corrected chi connectivity index (χ2v) is 15.5. The molecule has 0 bridgehead atoms. The molecule has 0 aliphatic carbocycles. The number of aliphatic hydroxyl groups is 2. The zero-order chi connectivity index (χ0) is 40.7. The summed E-state index contributed by atoms with van der Waals surface area (Å²) in [4.78, 5) is 21.1. The number of phosphoric ester groups is 1. The number of aliphatic hydroxyl groups excluding tert-OH is 2. The summed E-state index contributed by atoms with van der Waals surface area (Å²) >= 11 is 0. The lowest BCUT2D eigenvalue weighted by Crippen LogP contribution is -2.45. The van der Waals surface area contributed by atoms with E-state index in [1.165, 1.54) is 114 Å². The molecule has 0 aromatic carbocycles. The number of aromatic amines is 1. The van der Waals surface area contributed by atoms with Gasteiger partial charge in [-0.3, -0.25) is 14.5 Å². The van der Waals surface area contributed by atoms with Gasteiger partial charge >= 0.3 is 7.82 Å². The SMILES string of the molecule is CCCCCCCCCCCCCCCCCCOC[C@@H](COP(=O)(O)OC[C@@]1(C#N)O[C@@H](c2ccc(C(N)=NC=N)[nH]2)[C@H](O)[C@@H]1O)Oc1ccc(C#N)nc1. The Morgan fingerprint density at radius 1 is 1.00 bits per heavy atom. The van der Waals surface area contributed by atoms with E-state index in [9.17, 15) is 24.9 Å². The number of amidine groups is 1. The minimum atomic E-state index is -4.88. The van der Waals surface area contributed by atoms with Crippen molar-refractivity contribution < 1.29 is 42.9 Å². The van der Waals surface area contributed by atoms with Crippen molar-refractivity contribution in [3.8, 4) is 17.9 Å². The van der Waals surface area contributed by atoms with E-state index in [0.29, 0.717) is 12.3 Å². The number of ether oxygens (including phenoxy) is 3. The minimum absolute atomic E-state index is 0.00372. The number of pyridine rings is 1. The van der Waals surface area contributed by atoms with Crippen LogP contribution in [-0.2, 0) is 23.1 Å². The Labute approximate surface area is 330 Å². The van der Waals surface area contributed by atoms with E-state index in [4.69, 9.17) is 39.7 Å². The van der Waals surface area contributed by atoms with Gasteiger partial charge in [-0.1, -0.05) is 103 Å². The molecule has 1 saturated heterocycles. The number of rotatable bonds is 30. The number of nitrogens with one attached hydrogen (secondary N) is 2. The highest BCUT2D eigenvalue weighted by molar-refractivity contribution is 7.47. The van der Waals surface area contributed by atoms with Crippen LogP contribution in [0.15, 0.2) is 35.5 Å². The van der Waals surface area contributed by atoms with E-state index >= 15 is 0 Å². The van der Waals surface area contributed by atoms with Crippen LogP contribution in [0.5, 0.6) is 5.75 Å². The molecule has 0 radical (unpaired) electrons. The molecule has 0 amide bonds. The fraction of sp³-hybridized carbons (Fsp3) is 0.667. The second-order valence-electron chi connectivity index (χ2n) is 14.1. The van der Waals surface area contributed by atoms with Crippen LogP contribution in [0.1, 0.15) is 133 Å². The highest BCUT2D eigenvalue weighted by atomic mass is 31.2. The fourth-order valence-corrected chi connectivity index (χ4v) is 7.13. The van der Waals surface area contributed by atoms with Crippen molar-refractivity contribution in [2.75, 3.05) is 26.4 Å². The van der Waals surface area contributed by atoms with Gasteiger partial charge < -0.3 is 40.0 Å². The second kappa shape index (κ2) is 25.5. The average molecular weight is 802 g/mol. The van der Waals surface area contributed by atoms with Crippen LogP contribution in [0.25, 0.3) is 0 Å². The van der Waals surface area contributed by atoms with Crippen LogP contribution in [0.2, 0.25) is 0 Å². The quantitative estimate of drug-likeness (QED) is 0.0213. The predicted molar refractivity (Wildman–Crippen MR) is 210 cm³/mol. The number of aliphatic imine (C=N–C) groups is 1. The molecule has 1 unspecified atom stereocenters. The zero-order valence-corrected chi connectivity index (χ0v) is 33.4. The van der Waals surface area contributed by atoms with E-state index in [0.717, 1.165) is 25.6 Å². The van der Waals surface area contributed by atoms with Gasteiger partial charge in [0.05, 0.1) is 25.1 Å². The maximum atomic E-state index is 13.0. The lowest BCUT2D eigenvalue weighted by Gasteiger charge is -2.26. The van der Waals surface area contributed by atoms with Crippen molar-refractivity contribution in [1.29, 1.82) is 15.9 Å². The number of nitriles is 2. The maximum Gasteiger partial charge on any atom is 0.472 e. The molecular weight excluding hydrogens is 741 g/mol. The Morgan fingerprint density at radius 3 is 2.18 bits per heavy atom. The number of aromatic nitrogens is 2. The third-order valence-corrected chi connectivity index (χ3v) is 10.5. The van der Waals surface area contributed by atoms with Crippen molar-refractivity contribution in [3.63, 3.8) is 0 Å². The van der Waals surface area contributed by atoms with Crippen LogP contribution < -0.4 is 10.5 Å². The standard InChI is InChI=1S/C39H60N7O9P/c1-2-3-4-5-6-7-8-9-10-11-12-13-14-15-16-17-22-51-25-32(54-31-19-18-30(23-40)44-24-31)26-52-56(49,50)53-28-39(27-41)37(48)35(47)36(55-39)33-20-21-34(46-33)38(43)45-29-42/h18-21,24,29,32,35-37,46-48H,2-17,22,25-26,28H2,1H3,(H,49,50)(H3,42,43,45)/t32-,35-,36-,37-,39+/m0/s1. The Kier molecular flexibility index (Phi) is 21.3. The Bertz CT molecular complexity index is 1600. The summed E-state index contributed by atoms with van der Waals surface area (Å²) < 4.78 is 40.8. The third kappa shape index (κ3) is 16.0. The first-order valence-corrected chi connectivity index (χ1v) is 21.3. The first-order valence-electron chi connectivity index (χ1n) is 19.8. The summed E-state index contributed by atoms with van der Waals surface area (Å²) in [5.74, 6) is 0.262. The van der Waals surface area contributed by atoms with Gasteiger partial charge in [-0.05, 0) is 30.7 Å². The Balaban J connectivity index is 1.42. The molecule has 1 aliphatic heterocycles. The fourth-order valence-electron chi connectivity index (χ4n) is 6.35. The molecule has 56 heavy (non-hydrogen) atoms. The lowest BCUT2D eigenvalue weighted by molar-refractivity contribution is -0.0751. The number of H-pyrrole nitrogens is 1. The van der Waals surface area contributed by atoms with Crippen LogP contribution in [-0.4, -0.2) is 87.6 Å². The molecule has 0 spiro atoms. The number of hydrogen-bond donors (Lipinski definition) is 6. The zero-order valence-electron chi connectivity index (χ0n) is 32.5. The number of nitrogens with two attached hydrogens (primary N) is 1. The lowest BCUT2D eigenvalue weighted by atomic mass is 9.96. The molecule has 17 heteroatoms. The summed E-state index contributed by atoms with van der Waals surface area (Å²) in [5.41, 5.74) is 4.26.